The summed E-state index contributed by atoms with van der Waals surface area (Å²) in [7, 11) is -2.01. The molecule has 0 radical (unpaired) electrons. The Labute approximate surface area is 164 Å². The van der Waals surface area contributed by atoms with Crippen molar-refractivity contribution in [1.82, 2.24) is 4.98 Å². The number of hydrogen-bond acceptors (Lipinski definition) is 6. The minimum absolute atomic E-state index is 0.202. The van der Waals surface area contributed by atoms with E-state index >= 15 is 0 Å². The van der Waals surface area contributed by atoms with Gasteiger partial charge in [0.1, 0.15) is 23.9 Å². The number of methoxy groups -OCH3 is 1. The lowest BCUT2D eigenvalue weighted by atomic mass is 10.3. The standard InChI is InChI=1S/C20H21N3O4S/c1-26-17-8-10-18(11-9-17)27-14-13-21-20-12-7-16(15-22-20)23-28(24,25)19-5-3-2-4-6-19/h2-12,15,23H,13-14H2,1H3,(H,21,22). The lowest BCUT2D eigenvalue weighted by Crippen LogP contribution is -2.14. The molecule has 1 heterocycles. The molecule has 28 heavy (non-hydrogen) atoms. The minimum atomic E-state index is -3.62. The molecular weight excluding hydrogens is 378 g/mol. The van der Waals surface area contributed by atoms with Crippen LogP contribution in [0.3, 0.4) is 0 Å². The third-order valence-corrected chi connectivity index (χ3v) is 5.20. The van der Waals surface area contributed by atoms with Gasteiger partial charge in [0.15, 0.2) is 0 Å². The molecule has 0 unspecified atom stereocenters. The Hall–Kier alpha value is -3.26. The highest BCUT2D eigenvalue weighted by Crippen LogP contribution is 2.18. The summed E-state index contributed by atoms with van der Waals surface area (Å²) in [6.45, 7) is 1.00. The summed E-state index contributed by atoms with van der Waals surface area (Å²) in [5.41, 5.74) is 0.392. The topological polar surface area (TPSA) is 89.5 Å². The lowest BCUT2D eigenvalue weighted by Gasteiger charge is -2.10. The second-order valence-corrected chi connectivity index (χ2v) is 7.48. The average Bonchev–Trinajstić information content (AvgIpc) is 2.73. The first-order valence-electron chi connectivity index (χ1n) is 8.61. The minimum Gasteiger partial charge on any atom is -0.497 e. The molecule has 0 atom stereocenters. The van der Waals surface area contributed by atoms with Gasteiger partial charge in [-0.3, -0.25) is 4.72 Å². The van der Waals surface area contributed by atoms with Crippen LogP contribution in [-0.2, 0) is 10.0 Å². The van der Waals surface area contributed by atoms with Gasteiger partial charge < -0.3 is 14.8 Å². The SMILES string of the molecule is COc1ccc(OCCNc2ccc(NS(=O)(=O)c3ccccc3)cn2)cc1. The van der Waals surface area contributed by atoms with Gasteiger partial charge in [0.2, 0.25) is 0 Å². The van der Waals surface area contributed by atoms with Gasteiger partial charge in [-0.1, -0.05) is 18.2 Å². The lowest BCUT2D eigenvalue weighted by molar-refractivity contribution is 0.331. The first kappa shape index (κ1) is 19.5. The fraction of sp³-hybridized carbons (Fsp3) is 0.150. The van der Waals surface area contributed by atoms with E-state index in [4.69, 9.17) is 9.47 Å². The van der Waals surface area contributed by atoms with Crippen LogP contribution in [0.15, 0.2) is 77.8 Å². The van der Waals surface area contributed by atoms with Crippen LogP contribution in [0, 0.1) is 0 Å². The number of nitrogens with zero attached hydrogens (tertiary/aromatic N) is 1. The van der Waals surface area contributed by atoms with E-state index in [1.807, 2.05) is 24.3 Å². The first-order chi connectivity index (χ1) is 13.6. The van der Waals surface area contributed by atoms with E-state index in [0.29, 0.717) is 24.7 Å². The zero-order chi connectivity index (χ0) is 19.8. The molecule has 7 nitrogen and oxygen atoms in total. The van der Waals surface area contributed by atoms with Crippen LogP contribution in [-0.4, -0.2) is 33.7 Å². The number of benzene rings is 2. The fourth-order valence-corrected chi connectivity index (χ4v) is 3.46. The molecule has 3 aromatic rings. The molecule has 146 valence electrons. The van der Waals surface area contributed by atoms with Crippen LogP contribution >= 0.6 is 0 Å². The van der Waals surface area contributed by atoms with Crippen molar-refractivity contribution in [3.05, 3.63) is 72.9 Å². The molecule has 0 saturated heterocycles. The van der Waals surface area contributed by atoms with Gasteiger partial charge in [0, 0.05) is 0 Å². The van der Waals surface area contributed by atoms with Crippen molar-refractivity contribution in [2.24, 2.45) is 0 Å². The largest absolute Gasteiger partial charge is 0.497 e. The summed E-state index contributed by atoms with van der Waals surface area (Å²) in [6, 6.07) is 18.9. The highest BCUT2D eigenvalue weighted by Gasteiger charge is 2.13. The molecule has 3 rings (SSSR count). The zero-order valence-corrected chi connectivity index (χ0v) is 16.1. The molecule has 2 N–H and O–H groups in total. The highest BCUT2D eigenvalue weighted by atomic mass is 32.2. The number of ether oxygens (including phenoxy) is 2. The van der Waals surface area contributed by atoms with Crippen LogP contribution in [0.2, 0.25) is 0 Å². The Morgan fingerprint density at radius 3 is 2.29 bits per heavy atom. The van der Waals surface area contributed by atoms with Gasteiger partial charge in [-0.15, -0.1) is 0 Å². The Bertz CT molecular complexity index is 976. The number of nitrogens with one attached hydrogen (secondary N) is 2. The van der Waals surface area contributed by atoms with Gasteiger partial charge in [-0.25, -0.2) is 13.4 Å². The maximum absolute atomic E-state index is 12.3. The van der Waals surface area contributed by atoms with Gasteiger partial charge >= 0.3 is 0 Å². The number of hydrogen-bond donors (Lipinski definition) is 2. The summed E-state index contributed by atoms with van der Waals surface area (Å²) in [5, 5.41) is 3.12. The molecular formula is C20H21N3O4S. The van der Waals surface area contributed by atoms with Crippen LogP contribution < -0.4 is 19.5 Å². The van der Waals surface area contributed by atoms with Gasteiger partial charge in [0.25, 0.3) is 10.0 Å². The Morgan fingerprint density at radius 2 is 1.64 bits per heavy atom. The van der Waals surface area contributed by atoms with Crippen molar-refractivity contribution in [3.63, 3.8) is 0 Å². The molecule has 1 aromatic heterocycles. The number of pyridine rings is 1. The van der Waals surface area contributed by atoms with E-state index in [9.17, 15) is 8.42 Å². The van der Waals surface area contributed by atoms with Crippen LogP contribution in [0.1, 0.15) is 0 Å². The normalized spacial score (nSPS) is 10.9. The molecule has 0 bridgehead atoms. The molecule has 0 spiro atoms. The van der Waals surface area contributed by atoms with Crippen LogP contribution in [0.5, 0.6) is 11.5 Å². The Morgan fingerprint density at radius 1 is 0.929 bits per heavy atom. The number of sulfonamides is 1. The van der Waals surface area contributed by atoms with Crippen molar-refractivity contribution >= 4 is 21.5 Å². The van der Waals surface area contributed by atoms with Gasteiger partial charge in [-0.2, -0.15) is 0 Å². The molecule has 0 aliphatic heterocycles. The van der Waals surface area contributed by atoms with Crippen molar-refractivity contribution < 1.29 is 17.9 Å². The van der Waals surface area contributed by atoms with E-state index in [2.05, 4.69) is 15.0 Å². The van der Waals surface area contributed by atoms with E-state index in [-0.39, 0.29) is 4.90 Å². The zero-order valence-electron chi connectivity index (χ0n) is 15.3. The first-order valence-corrected chi connectivity index (χ1v) is 10.1. The van der Waals surface area contributed by atoms with Crippen molar-refractivity contribution in [2.75, 3.05) is 30.3 Å². The molecule has 0 aliphatic carbocycles. The molecule has 2 aromatic carbocycles. The van der Waals surface area contributed by atoms with Gasteiger partial charge in [-0.05, 0) is 48.5 Å². The maximum Gasteiger partial charge on any atom is 0.261 e. The monoisotopic (exact) mass is 399 g/mol. The Kier molecular flexibility index (Phi) is 6.33. The third-order valence-electron chi connectivity index (χ3n) is 3.81. The molecule has 8 heteroatoms. The van der Waals surface area contributed by atoms with Crippen molar-refractivity contribution in [2.45, 2.75) is 4.90 Å². The fourth-order valence-electron chi connectivity index (χ4n) is 2.39. The van der Waals surface area contributed by atoms with Crippen LogP contribution in [0.25, 0.3) is 0 Å². The summed E-state index contributed by atoms with van der Waals surface area (Å²) < 4.78 is 37.8. The summed E-state index contributed by atoms with van der Waals surface area (Å²) in [4.78, 5) is 4.42. The van der Waals surface area contributed by atoms with E-state index < -0.39 is 10.0 Å². The second kappa shape index (κ2) is 9.09. The third kappa shape index (κ3) is 5.37. The molecule has 0 aliphatic rings. The number of rotatable bonds is 9. The van der Waals surface area contributed by atoms with E-state index in [0.717, 1.165) is 11.5 Å². The summed E-state index contributed by atoms with van der Waals surface area (Å²) in [6.07, 6.45) is 1.47. The Balaban J connectivity index is 1.47. The predicted molar refractivity (Wildman–Crippen MR) is 108 cm³/mol. The summed E-state index contributed by atoms with van der Waals surface area (Å²) in [5.74, 6) is 2.15. The molecule has 0 amide bonds. The van der Waals surface area contributed by atoms with E-state index in [1.54, 1.807) is 37.4 Å². The second-order valence-electron chi connectivity index (χ2n) is 5.80. The van der Waals surface area contributed by atoms with Crippen LogP contribution in [0.4, 0.5) is 11.5 Å². The molecule has 0 saturated carbocycles. The average molecular weight is 399 g/mol. The highest BCUT2D eigenvalue weighted by molar-refractivity contribution is 7.92. The number of aromatic nitrogens is 1. The maximum atomic E-state index is 12.3. The summed E-state index contributed by atoms with van der Waals surface area (Å²) >= 11 is 0. The molecule has 0 fully saturated rings. The van der Waals surface area contributed by atoms with Crippen molar-refractivity contribution in [3.8, 4) is 11.5 Å². The number of anilines is 2. The van der Waals surface area contributed by atoms with Gasteiger partial charge in [0.05, 0.1) is 30.4 Å². The quantitative estimate of drug-likeness (QED) is 0.536. The smallest absolute Gasteiger partial charge is 0.261 e. The predicted octanol–water partition coefficient (Wildman–Crippen LogP) is 3.38. The van der Waals surface area contributed by atoms with E-state index in [1.165, 1.54) is 18.3 Å². The van der Waals surface area contributed by atoms with Crippen molar-refractivity contribution in [1.29, 1.82) is 0 Å².